The molecule has 0 N–H and O–H groups in total. The summed E-state index contributed by atoms with van der Waals surface area (Å²) in [4.78, 5) is 0.233. The highest BCUT2D eigenvalue weighted by Gasteiger charge is 2.14. The third kappa shape index (κ3) is 3.20. The van der Waals surface area contributed by atoms with Gasteiger partial charge in [-0.2, -0.15) is 0 Å². The molecule has 0 spiro atoms. The summed E-state index contributed by atoms with van der Waals surface area (Å²) in [7, 11) is -2.12. The monoisotopic (exact) mass is 322 g/mol. The maximum atomic E-state index is 12.5. The van der Waals surface area contributed by atoms with Gasteiger partial charge in [-0.25, -0.2) is 8.42 Å². The molecular formula is C19H14O3S. The quantitative estimate of drug-likeness (QED) is 0.677. The second-order valence-corrected chi connectivity index (χ2v) is 6.59. The van der Waals surface area contributed by atoms with Crippen LogP contribution >= 0.6 is 0 Å². The maximum Gasteiger partial charge on any atom is 0.246 e. The summed E-state index contributed by atoms with van der Waals surface area (Å²) in [6.45, 7) is 0. The van der Waals surface area contributed by atoms with Gasteiger partial charge in [-0.1, -0.05) is 36.4 Å². The van der Waals surface area contributed by atoms with Crippen molar-refractivity contribution in [1.82, 2.24) is 0 Å². The Bertz CT molecular complexity index is 1000. The Morgan fingerprint density at radius 1 is 0.870 bits per heavy atom. The third-order valence-corrected chi connectivity index (χ3v) is 4.76. The van der Waals surface area contributed by atoms with E-state index >= 15 is 0 Å². The maximum absolute atomic E-state index is 12.5. The topological polar surface area (TPSA) is 43.4 Å². The normalized spacial score (nSPS) is 10.8. The van der Waals surface area contributed by atoms with Crippen molar-refractivity contribution >= 4 is 20.6 Å². The van der Waals surface area contributed by atoms with Crippen molar-refractivity contribution in [2.45, 2.75) is 4.90 Å². The lowest BCUT2D eigenvalue weighted by atomic mass is 10.1. The zero-order chi connectivity index (χ0) is 16.3. The van der Waals surface area contributed by atoms with E-state index in [-0.39, 0.29) is 4.90 Å². The number of rotatable bonds is 2. The summed E-state index contributed by atoms with van der Waals surface area (Å²) in [5.74, 6) is 3.41. The highest BCUT2D eigenvalue weighted by molar-refractivity contribution is 7.96. The lowest BCUT2D eigenvalue weighted by molar-refractivity contribution is 0.415. The van der Waals surface area contributed by atoms with E-state index in [2.05, 4.69) is 11.2 Å². The van der Waals surface area contributed by atoms with Crippen LogP contribution in [-0.2, 0) is 9.84 Å². The van der Waals surface area contributed by atoms with Gasteiger partial charge in [0.15, 0.2) is 0 Å². The Morgan fingerprint density at radius 3 is 2.30 bits per heavy atom. The van der Waals surface area contributed by atoms with Crippen LogP contribution < -0.4 is 4.74 Å². The minimum absolute atomic E-state index is 0.233. The van der Waals surface area contributed by atoms with E-state index in [0.717, 1.165) is 5.39 Å². The Labute approximate surface area is 135 Å². The largest absolute Gasteiger partial charge is 0.497 e. The van der Waals surface area contributed by atoms with Gasteiger partial charge in [-0.05, 0) is 41.6 Å². The lowest BCUT2D eigenvalue weighted by Crippen LogP contribution is -1.98. The molecule has 0 radical (unpaired) electrons. The van der Waals surface area contributed by atoms with Crippen LogP contribution in [0.5, 0.6) is 5.75 Å². The van der Waals surface area contributed by atoms with E-state index in [1.165, 1.54) is 0 Å². The molecule has 3 aromatic carbocycles. The first kappa shape index (κ1) is 15.1. The average Bonchev–Trinajstić information content (AvgIpc) is 2.60. The number of hydrogen-bond acceptors (Lipinski definition) is 3. The summed E-state index contributed by atoms with van der Waals surface area (Å²) < 4.78 is 30.2. The van der Waals surface area contributed by atoms with Gasteiger partial charge in [0.2, 0.25) is 9.84 Å². The first-order chi connectivity index (χ1) is 11.1. The van der Waals surface area contributed by atoms with Gasteiger partial charge in [-0.3, -0.25) is 0 Å². The van der Waals surface area contributed by atoms with Crippen LogP contribution in [0.1, 0.15) is 5.56 Å². The molecule has 0 saturated heterocycles. The van der Waals surface area contributed by atoms with E-state index < -0.39 is 9.84 Å². The standard InChI is InChI=1S/C19H14O3S/c1-22-17-11-9-15(10-12-17)13-14-23(20,21)19-8-4-6-16-5-2-3-7-18(16)19/h2-12H,1H3. The number of methoxy groups -OCH3 is 1. The van der Waals surface area contributed by atoms with Crippen molar-refractivity contribution in [1.29, 1.82) is 0 Å². The zero-order valence-corrected chi connectivity index (χ0v) is 13.3. The molecule has 3 aromatic rings. The Kier molecular flexibility index (Phi) is 4.05. The molecule has 0 bridgehead atoms. The number of benzene rings is 3. The van der Waals surface area contributed by atoms with E-state index in [0.29, 0.717) is 16.7 Å². The van der Waals surface area contributed by atoms with Crippen LogP contribution in [0.15, 0.2) is 71.6 Å². The summed E-state index contributed by atoms with van der Waals surface area (Å²) in [5, 5.41) is 3.96. The second-order valence-electron chi connectivity index (χ2n) is 4.94. The van der Waals surface area contributed by atoms with Crippen molar-refractivity contribution in [2.75, 3.05) is 7.11 Å². The first-order valence-electron chi connectivity index (χ1n) is 7.00. The zero-order valence-electron chi connectivity index (χ0n) is 12.5. The lowest BCUT2D eigenvalue weighted by Gasteiger charge is -2.03. The number of fused-ring (bicyclic) bond motifs is 1. The molecule has 0 aromatic heterocycles. The summed E-state index contributed by atoms with van der Waals surface area (Å²) in [6, 6.07) is 19.5. The molecule has 0 aliphatic carbocycles. The van der Waals surface area contributed by atoms with Crippen molar-refractivity contribution in [3.05, 3.63) is 72.3 Å². The summed E-state index contributed by atoms with van der Waals surface area (Å²) in [6.07, 6.45) is 0. The summed E-state index contributed by atoms with van der Waals surface area (Å²) in [5.41, 5.74) is 0.620. The fraction of sp³-hybridized carbons (Fsp3) is 0.0526. The molecule has 0 saturated carbocycles. The molecule has 0 aliphatic rings. The smallest absolute Gasteiger partial charge is 0.246 e. The molecular weight excluding hydrogens is 308 g/mol. The van der Waals surface area contributed by atoms with Crippen LogP contribution in [0.4, 0.5) is 0 Å². The first-order valence-corrected chi connectivity index (χ1v) is 8.48. The van der Waals surface area contributed by atoms with Crippen LogP contribution in [-0.4, -0.2) is 15.5 Å². The number of ether oxygens (including phenoxy) is 1. The Morgan fingerprint density at radius 2 is 1.57 bits per heavy atom. The van der Waals surface area contributed by atoms with E-state index in [1.807, 2.05) is 24.3 Å². The molecule has 23 heavy (non-hydrogen) atoms. The minimum atomic E-state index is -3.69. The molecule has 0 heterocycles. The molecule has 4 heteroatoms. The van der Waals surface area contributed by atoms with Crippen LogP contribution in [0.25, 0.3) is 10.8 Å². The molecule has 114 valence electrons. The van der Waals surface area contributed by atoms with Gasteiger partial charge < -0.3 is 4.74 Å². The predicted molar refractivity (Wildman–Crippen MR) is 91.0 cm³/mol. The van der Waals surface area contributed by atoms with E-state index in [4.69, 9.17) is 4.74 Å². The van der Waals surface area contributed by atoms with E-state index in [1.54, 1.807) is 49.6 Å². The number of hydrogen-bond donors (Lipinski definition) is 0. The molecule has 0 atom stereocenters. The van der Waals surface area contributed by atoms with Gasteiger partial charge >= 0.3 is 0 Å². The van der Waals surface area contributed by atoms with Crippen molar-refractivity contribution in [3.63, 3.8) is 0 Å². The molecule has 3 nitrogen and oxygen atoms in total. The highest BCUT2D eigenvalue weighted by atomic mass is 32.2. The van der Waals surface area contributed by atoms with Gasteiger partial charge in [0.05, 0.1) is 12.0 Å². The van der Waals surface area contributed by atoms with Crippen LogP contribution in [0.2, 0.25) is 0 Å². The van der Waals surface area contributed by atoms with Crippen molar-refractivity contribution in [3.8, 4) is 16.9 Å². The molecule has 0 unspecified atom stereocenters. The van der Waals surface area contributed by atoms with Crippen molar-refractivity contribution in [2.24, 2.45) is 0 Å². The van der Waals surface area contributed by atoms with E-state index in [9.17, 15) is 8.42 Å². The third-order valence-electron chi connectivity index (χ3n) is 3.46. The minimum Gasteiger partial charge on any atom is -0.497 e. The van der Waals surface area contributed by atoms with Gasteiger partial charge in [0.1, 0.15) is 5.75 Å². The fourth-order valence-corrected chi connectivity index (χ4v) is 3.38. The second kappa shape index (κ2) is 6.15. The molecule has 0 fully saturated rings. The average molecular weight is 322 g/mol. The van der Waals surface area contributed by atoms with Crippen LogP contribution in [0.3, 0.4) is 0 Å². The Balaban J connectivity index is 2.03. The molecule has 0 aliphatic heterocycles. The van der Waals surface area contributed by atoms with Crippen LogP contribution in [0, 0.1) is 11.2 Å². The molecule has 3 rings (SSSR count). The van der Waals surface area contributed by atoms with Gasteiger partial charge in [0, 0.05) is 16.2 Å². The Hall–Kier alpha value is -2.77. The van der Waals surface area contributed by atoms with Gasteiger partial charge in [-0.15, -0.1) is 0 Å². The fourth-order valence-electron chi connectivity index (χ4n) is 2.29. The predicted octanol–water partition coefficient (Wildman–Crippen LogP) is 3.63. The highest BCUT2D eigenvalue weighted by Crippen LogP contribution is 2.23. The molecule has 0 amide bonds. The number of sulfone groups is 1. The summed E-state index contributed by atoms with van der Waals surface area (Å²) >= 11 is 0. The van der Waals surface area contributed by atoms with Gasteiger partial charge in [0.25, 0.3) is 0 Å². The van der Waals surface area contributed by atoms with Crippen molar-refractivity contribution < 1.29 is 13.2 Å². The SMILES string of the molecule is COc1ccc(C#CS(=O)(=O)c2cccc3ccccc23)cc1.